The van der Waals surface area contributed by atoms with Gasteiger partial charge in [0.15, 0.2) is 29.2 Å². The second-order valence-corrected chi connectivity index (χ2v) is 14.6. The number of fused-ring (bicyclic) bond motifs is 4. The van der Waals surface area contributed by atoms with Crippen LogP contribution in [0.4, 0.5) is 5.69 Å². The molecule has 2 unspecified atom stereocenters. The van der Waals surface area contributed by atoms with Gasteiger partial charge < -0.3 is 34.2 Å². The third-order valence-electron chi connectivity index (χ3n) is 10.6. The highest BCUT2D eigenvalue weighted by molar-refractivity contribution is 5.93. The number of hydrogen-bond donors (Lipinski definition) is 3. The molecule has 50 heavy (non-hydrogen) atoms. The summed E-state index contributed by atoms with van der Waals surface area (Å²) in [6.45, 7) is 8.80. The average Bonchev–Trinajstić information content (AvgIpc) is 3.93. The summed E-state index contributed by atoms with van der Waals surface area (Å²) in [5.74, 6) is -0.750. The van der Waals surface area contributed by atoms with Crippen molar-refractivity contribution in [1.29, 1.82) is 0 Å². The highest BCUT2D eigenvalue weighted by Gasteiger charge is 2.61. The number of nitrogens with one attached hydrogen (secondary N) is 2. The quantitative estimate of drug-likeness (QED) is 0.242. The molecule has 12 heteroatoms. The number of aromatic nitrogens is 2. The van der Waals surface area contributed by atoms with E-state index in [4.69, 9.17) is 18.6 Å². The van der Waals surface area contributed by atoms with Gasteiger partial charge in [-0.05, 0) is 54.4 Å². The van der Waals surface area contributed by atoms with Crippen LogP contribution in [-0.4, -0.2) is 63.0 Å². The van der Waals surface area contributed by atoms with Crippen LogP contribution in [0.2, 0.25) is 0 Å². The highest BCUT2D eigenvalue weighted by atomic mass is 16.5. The standard InChI is InChI=1S/C38H41N5O7/c1-19(2)29-35-42-30(34-39-26(18-48-34)36(47)43-13-7-8-14-43)32(50-35)38-23-9-5-6-10-25(23)40-37(38)49-28-12-11-21(16-24(28)38)15-22(33(46)41-29)17-27(44)31(45)20(3)4/h5-6,9-12,16,18-20,22,29,31,37,40,45H,7-8,13-15,17H2,1-4H3,(H,41,46)/t22?,29-,31-,37-,38?/m0/s1. The molecule has 4 aromatic rings. The molecule has 1 saturated heterocycles. The molecule has 2 aromatic heterocycles. The summed E-state index contributed by atoms with van der Waals surface area (Å²) in [7, 11) is 0. The number of oxazole rings is 2. The Balaban J connectivity index is 1.33. The highest BCUT2D eigenvalue weighted by Crippen LogP contribution is 2.59. The SMILES string of the molecule is CC(C)[C@H](O)C(=O)CC1Cc2ccc3c(c2)C2(c4ccccc4N[C@H]2O3)c2oc(nc2-c2nc(C(=O)N3CCCC3)co2)[C@H](C(C)C)NC1=O. The molecule has 8 rings (SSSR count). The van der Waals surface area contributed by atoms with Crippen LogP contribution in [0.25, 0.3) is 11.6 Å². The summed E-state index contributed by atoms with van der Waals surface area (Å²) in [5, 5.41) is 17.3. The summed E-state index contributed by atoms with van der Waals surface area (Å²) in [4.78, 5) is 52.1. The number of carbonyl (C=O) groups excluding carboxylic acids is 3. The van der Waals surface area contributed by atoms with Crippen LogP contribution >= 0.6 is 0 Å². The number of nitrogens with zero attached hydrogens (tertiary/aromatic N) is 3. The molecule has 4 aliphatic rings. The zero-order valence-corrected chi connectivity index (χ0v) is 28.6. The number of amides is 2. The molecule has 0 radical (unpaired) electrons. The summed E-state index contributed by atoms with van der Waals surface area (Å²) >= 11 is 0. The van der Waals surface area contributed by atoms with Crippen molar-refractivity contribution in [3.05, 3.63) is 82.8 Å². The molecule has 12 nitrogen and oxygen atoms in total. The normalized spacial score (nSPS) is 24.2. The Morgan fingerprint density at radius 1 is 1.04 bits per heavy atom. The molecule has 3 N–H and O–H groups in total. The number of para-hydroxylation sites is 1. The maximum atomic E-state index is 14.1. The van der Waals surface area contributed by atoms with E-state index in [1.165, 1.54) is 6.26 Å². The van der Waals surface area contributed by atoms with Crippen molar-refractivity contribution in [3.63, 3.8) is 0 Å². The molecule has 260 valence electrons. The van der Waals surface area contributed by atoms with Gasteiger partial charge in [0, 0.05) is 36.7 Å². The third kappa shape index (κ3) is 5.02. The number of anilines is 1. The van der Waals surface area contributed by atoms with E-state index >= 15 is 0 Å². The topological polar surface area (TPSA) is 160 Å². The van der Waals surface area contributed by atoms with Gasteiger partial charge in [-0.1, -0.05) is 58.0 Å². The van der Waals surface area contributed by atoms with Crippen LogP contribution in [0, 0.1) is 17.8 Å². The van der Waals surface area contributed by atoms with Crippen LogP contribution in [0.3, 0.4) is 0 Å². The number of hydrogen-bond acceptors (Lipinski definition) is 10. The van der Waals surface area contributed by atoms with Crippen molar-refractivity contribution >= 4 is 23.3 Å². The lowest BCUT2D eigenvalue weighted by Crippen LogP contribution is -2.41. The first-order valence-electron chi connectivity index (χ1n) is 17.5. The molecule has 6 heterocycles. The number of Topliss-reactive ketones (excluding diaryl/α,β-unsaturated/α-hetero) is 1. The Kier molecular flexibility index (Phi) is 7.81. The number of rotatable bonds is 7. The molecular formula is C38H41N5O7. The number of aliphatic hydroxyl groups excluding tert-OH is 1. The van der Waals surface area contributed by atoms with Gasteiger partial charge in [0.2, 0.25) is 17.7 Å². The summed E-state index contributed by atoms with van der Waals surface area (Å²) < 4.78 is 19.5. The summed E-state index contributed by atoms with van der Waals surface area (Å²) in [6, 6.07) is 13.0. The van der Waals surface area contributed by atoms with Crippen molar-refractivity contribution < 1.29 is 33.1 Å². The first-order valence-corrected chi connectivity index (χ1v) is 17.5. The Morgan fingerprint density at radius 2 is 1.82 bits per heavy atom. The van der Waals surface area contributed by atoms with Gasteiger partial charge in [-0.15, -0.1) is 0 Å². The Morgan fingerprint density at radius 3 is 2.58 bits per heavy atom. The zero-order chi connectivity index (χ0) is 34.9. The molecule has 1 fully saturated rings. The van der Waals surface area contributed by atoms with E-state index in [2.05, 4.69) is 15.6 Å². The van der Waals surface area contributed by atoms with Gasteiger partial charge in [-0.3, -0.25) is 14.4 Å². The molecule has 4 aliphatic heterocycles. The number of aliphatic hydroxyl groups is 1. The lowest BCUT2D eigenvalue weighted by Gasteiger charge is -2.28. The second kappa shape index (κ2) is 12.1. The maximum absolute atomic E-state index is 14.1. The maximum Gasteiger partial charge on any atom is 0.275 e. The van der Waals surface area contributed by atoms with E-state index in [-0.39, 0.29) is 59.8 Å². The van der Waals surface area contributed by atoms with Crippen LogP contribution in [0.15, 0.2) is 57.6 Å². The first-order chi connectivity index (χ1) is 24.1. The van der Waals surface area contributed by atoms with Gasteiger partial charge in [0.25, 0.3) is 5.91 Å². The van der Waals surface area contributed by atoms with Crippen LogP contribution in [0.5, 0.6) is 5.75 Å². The molecule has 0 aliphatic carbocycles. The van der Waals surface area contributed by atoms with E-state index in [9.17, 15) is 19.5 Å². The zero-order valence-electron chi connectivity index (χ0n) is 28.6. The predicted octanol–water partition coefficient (Wildman–Crippen LogP) is 5.01. The molecular weight excluding hydrogens is 638 g/mol. The Hall–Kier alpha value is -4.97. The van der Waals surface area contributed by atoms with Crippen LogP contribution < -0.4 is 15.4 Å². The van der Waals surface area contributed by atoms with Crippen molar-refractivity contribution in [2.75, 3.05) is 18.4 Å². The van der Waals surface area contributed by atoms with Crippen LogP contribution in [-0.2, 0) is 21.4 Å². The van der Waals surface area contributed by atoms with Gasteiger partial charge >= 0.3 is 0 Å². The fraction of sp³-hybridized carbons (Fsp3) is 0.447. The number of carbonyl (C=O) groups is 3. The summed E-state index contributed by atoms with van der Waals surface area (Å²) in [6.07, 6.45) is 1.58. The van der Waals surface area contributed by atoms with Gasteiger partial charge in [0.1, 0.15) is 29.6 Å². The third-order valence-corrected chi connectivity index (χ3v) is 10.6. The molecule has 4 bridgehead atoms. The number of benzene rings is 2. The molecule has 1 spiro atoms. The van der Waals surface area contributed by atoms with E-state index in [0.29, 0.717) is 30.3 Å². The summed E-state index contributed by atoms with van der Waals surface area (Å²) in [5.41, 5.74) is 2.82. The lowest BCUT2D eigenvalue weighted by atomic mass is 9.72. The number of ketones is 1. The van der Waals surface area contributed by atoms with E-state index in [1.54, 1.807) is 18.7 Å². The largest absolute Gasteiger partial charge is 0.469 e. The Labute approximate surface area is 289 Å². The predicted molar refractivity (Wildman–Crippen MR) is 181 cm³/mol. The lowest BCUT2D eigenvalue weighted by molar-refractivity contribution is -0.135. The number of ether oxygens (including phenoxy) is 1. The van der Waals surface area contributed by atoms with Gasteiger partial charge in [-0.25, -0.2) is 9.97 Å². The molecule has 2 amide bonds. The van der Waals surface area contributed by atoms with Crippen molar-refractivity contribution in [2.45, 2.75) is 77.2 Å². The molecule has 0 saturated carbocycles. The van der Waals surface area contributed by atoms with E-state index < -0.39 is 29.7 Å². The average molecular weight is 680 g/mol. The Bertz CT molecular complexity index is 1990. The minimum atomic E-state index is -1.18. The van der Waals surface area contributed by atoms with E-state index in [0.717, 1.165) is 35.2 Å². The monoisotopic (exact) mass is 679 g/mol. The van der Waals surface area contributed by atoms with Gasteiger partial charge in [-0.2, -0.15) is 0 Å². The molecule has 5 atom stereocenters. The smallest absolute Gasteiger partial charge is 0.275 e. The van der Waals surface area contributed by atoms with Crippen molar-refractivity contribution in [3.8, 4) is 17.3 Å². The fourth-order valence-electron chi connectivity index (χ4n) is 7.86. The van der Waals surface area contributed by atoms with E-state index in [1.807, 2.05) is 56.3 Å². The van der Waals surface area contributed by atoms with Crippen LogP contribution in [0.1, 0.15) is 91.8 Å². The van der Waals surface area contributed by atoms with Crippen molar-refractivity contribution in [1.82, 2.24) is 20.2 Å². The minimum absolute atomic E-state index is 0.120. The first kappa shape index (κ1) is 32.2. The minimum Gasteiger partial charge on any atom is -0.469 e. The molecule has 2 aromatic carbocycles. The van der Waals surface area contributed by atoms with Gasteiger partial charge in [0.05, 0.1) is 0 Å². The fourth-order valence-corrected chi connectivity index (χ4v) is 7.86. The second-order valence-electron chi connectivity index (χ2n) is 14.6. The number of likely N-dealkylation sites (tertiary alicyclic amines) is 1. The van der Waals surface area contributed by atoms with Crippen molar-refractivity contribution in [2.24, 2.45) is 17.8 Å².